The number of amides is 1. The number of aromatic nitrogens is 1. The van der Waals surface area contributed by atoms with Crippen molar-refractivity contribution in [3.8, 4) is 23.4 Å². The molecule has 0 bridgehead atoms. The molecule has 1 aliphatic heterocycles. The van der Waals surface area contributed by atoms with Crippen LogP contribution in [0, 0.1) is 11.3 Å². The van der Waals surface area contributed by atoms with E-state index in [-0.39, 0.29) is 18.6 Å². The Balaban J connectivity index is 1.41. The molecule has 1 aliphatic rings. The molecule has 134 valence electrons. The highest BCUT2D eigenvalue weighted by molar-refractivity contribution is 5.78. The first-order valence-corrected chi connectivity index (χ1v) is 8.34. The highest BCUT2D eigenvalue weighted by Gasteiger charge is 2.32. The first-order chi connectivity index (χ1) is 12.7. The fourth-order valence-corrected chi connectivity index (χ4v) is 2.47. The molecular formula is C19H19N3O4. The number of benzene rings is 1. The Morgan fingerprint density at radius 2 is 1.92 bits per heavy atom. The number of carbonyl (C=O) groups excluding carboxylic acids is 1. The Morgan fingerprint density at radius 3 is 2.58 bits per heavy atom. The number of nitriles is 1. The van der Waals surface area contributed by atoms with Gasteiger partial charge in [-0.1, -0.05) is 0 Å². The summed E-state index contributed by atoms with van der Waals surface area (Å²) in [6.07, 6.45) is 1.41. The van der Waals surface area contributed by atoms with E-state index in [0.29, 0.717) is 36.9 Å². The van der Waals surface area contributed by atoms with Gasteiger partial charge >= 0.3 is 0 Å². The molecule has 3 rings (SSSR count). The maximum Gasteiger partial charge on any atom is 0.260 e. The Labute approximate surface area is 151 Å². The molecule has 2 aromatic rings. The number of likely N-dealkylation sites (tertiary alicyclic amines) is 1. The van der Waals surface area contributed by atoms with Crippen LogP contribution in [0.3, 0.4) is 0 Å². The average Bonchev–Trinajstić information content (AvgIpc) is 2.64. The minimum Gasteiger partial charge on any atom is -0.494 e. The summed E-state index contributed by atoms with van der Waals surface area (Å²) >= 11 is 0. The molecule has 0 radical (unpaired) electrons. The number of nitrogens with zero attached hydrogens (tertiary/aromatic N) is 3. The molecule has 0 saturated carbocycles. The van der Waals surface area contributed by atoms with E-state index in [2.05, 4.69) is 4.98 Å². The average molecular weight is 353 g/mol. The molecule has 0 atom stereocenters. The molecule has 1 saturated heterocycles. The van der Waals surface area contributed by atoms with Crippen LogP contribution in [-0.2, 0) is 4.79 Å². The van der Waals surface area contributed by atoms with E-state index in [1.165, 1.54) is 6.20 Å². The minimum absolute atomic E-state index is 0.0249. The lowest BCUT2D eigenvalue weighted by Crippen LogP contribution is -2.57. The largest absolute Gasteiger partial charge is 0.494 e. The van der Waals surface area contributed by atoms with Crippen molar-refractivity contribution in [1.29, 1.82) is 5.26 Å². The van der Waals surface area contributed by atoms with Crippen LogP contribution in [0.25, 0.3) is 0 Å². The third-order valence-corrected chi connectivity index (χ3v) is 3.85. The zero-order valence-electron chi connectivity index (χ0n) is 14.4. The number of carbonyl (C=O) groups is 1. The molecule has 1 amide bonds. The Kier molecular flexibility index (Phi) is 5.54. The van der Waals surface area contributed by atoms with Crippen molar-refractivity contribution >= 4 is 5.91 Å². The summed E-state index contributed by atoms with van der Waals surface area (Å²) in [5.74, 6) is 1.68. The molecule has 1 aromatic carbocycles. The maximum absolute atomic E-state index is 12.1. The third-order valence-electron chi connectivity index (χ3n) is 3.85. The van der Waals surface area contributed by atoms with Crippen LogP contribution in [0.5, 0.6) is 17.4 Å². The Bertz CT molecular complexity index is 795. The lowest BCUT2D eigenvalue weighted by atomic mass is 10.1. The monoisotopic (exact) mass is 353 g/mol. The van der Waals surface area contributed by atoms with Crippen LogP contribution in [-0.4, -0.2) is 48.2 Å². The molecular weight excluding hydrogens is 334 g/mol. The van der Waals surface area contributed by atoms with E-state index in [1.54, 1.807) is 41.3 Å². The van der Waals surface area contributed by atoms with Gasteiger partial charge < -0.3 is 19.1 Å². The van der Waals surface area contributed by atoms with Gasteiger partial charge in [0, 0.05) is 12.3 Å². The summed E-state index contributed by atoms with van der Waals surface area (Å²) in [5.41, 5.74) is 0.492. The zero-order valence-corrected chi connectivity index (χ0v) is 14.4. The maximum atomic E-state index is 12.1. The lowest BCUT2D eigenvalue weighted by Gasteiger charge is -2.38. The van der Waals surface area contributed by atoms with Gasteiger partial charge in [-0.25, -0.2) is 4.98 Å². The van der Waals surface area contributed by atoms with Gasteiger partial charge in [-0.05, 0) is 37.3 Å². The number of hydrogen-bond donors (Lipinski definition) is 0. The normalized spacial score (nSPS) is 13.5. The SMILES string of the molecule is CCOc1ccc(OCC(=O)N2CC(Oc3cc(C#N)ccn3)C2)cc1. The second-order valence-electron chi connectivity index (χ2n) is 5.73. The van der Waals surface area contributed by atoms with Gasteiger partial charge in [-0.3, -0.25) is 4.79 Å². The lowest BCUT2D eigenvalue weighted by molar-refractivity contribution is -0.142. The van der Waals surface area contributed by atoms with Gasteiger partial charge in [0.2, 0.25) is 5.88 Å². The van der Waals surface area contributed by atoms with Crippen LogP contribution in [0.15, 0.2) is 42.6 Å². The van der Waals surface area contributed by atoms with E-state index in [0.717, 1.165) is 5.75 Å². The van der Waals surface area contributed by atoms with Crippen molar-refractivity contribution in [3.63, 3.8) is 0 Å². The Hall–Kier alpha value is -3.27. The van der Waals surface area contributed by atoms with Crippen LogP contribution in [0.2, 0.25) is 0 Å². The van der Waals surface area contributed by atoms with Crippen molar-refractivity contribution in [2.75, 3.05) is 26.3 Å². The van der Waals surface area contributed by atoms with Crippen molar-refractivity contribution in [1.82, 2.24) is 9.88 Å². The Morgan fingerprint density at radius 1 is 1.23 bits per heavy atom. The highest BCUT2D eigenvalue weighted by Crippen LogP contribution is 2.19. The van der Waals surface area contributed by atoms with E-state index in [9.17, 15) is 4.79 Å². The molecule has 0 spiro atoms. The number of pyridine rings is 1. The first kappa shape index (κ1) is 17.5. The summed E-state index contributed by atoms with van der Waals surface area (Å²) in [4.78, 5) is 17.9. The summed E-state index contributed by atoms with van der Waals surface area (Å²) in [6.45, 7) is 3.45. The van der Waals surface area contributed by atoms with Crippen LogP contribution in [0.4, 0.5) is 0 Å². The fraction of sp³-hybridized carbons (Fsp3) is 0.316. The second kappa shape index (κ2) is 8.21. The summed E-state index contributed by atoms with van der Waals surface area (Å²) in [5, 5.41) is 8.87. The zero-order chi connectivity index (χ0) is 18.4. The van der Waals surface area contributed by atoms with Gasteiger partial charge in [0.05, 0.1) is 31.3 Å². The number of hydrogen-bond acceptors (Lipinski definition) is 6. The standard InChI is InChI=1S/C19H19N3O4/c1-2-24-15-3-5-16(6-4-15)25-13-19(23)22-11-17(12-22)26-18-9-14(10-20)7-8-21-18/h3-9,17H,2,11-13H2,1H3. The molecule has 7 heteroatoms. The van der Waals surface area contributed by atoms with E-state index >= 15 is 0 Å². The second-order valence-corrected chi connectivity index (χ2v) is 5.73. The molecule has 0 N–H and O–H groups in total. The van der Waals surface area contributed by atoms with Crippen LogP contribution >= 0.6 is 0 Å². The number of rotatable bonds is 7. The van der Waals surface area contributed by atoms with Crippen molar-refractivity contribution in [3.05, 3.63) is 48.2 Å². The van der Waals surface area contributed by atoms with Gasteiger partial charge in [-0.2, -0.15) is 5.26 Å². The predicted octanol–water partition coefficient (Wildman–Crippen LogP) is 2.02. The van der Waals surface area contributed by atoms with Gasteiger partial charge in [0.1, 0.15) is 17.6 Å². The van der Waals surface area contributed by atoms with Crippen molar-refractivity contribution in [2.24, 2.45) is 0 Å². The van der Waals surface area contributed by atoms with Crippen LogP contribution < -0.4 is 14.2 Å². The van der Waals surface area contributed by atoms with Gasteiger partial charge in [-0.15, -0.1) is 0 Å². The molecule has 0 unspecified atom stereocenters. The topological polar surface area (TPSA) is 84.7 Å². The van der Waals surface area contributed by atoms with Crippen molar-refractivity contribution in [2.45, 2.75) is 13.0 Å². The van der Waals surface area contributed by atoms with E-state index in [4.69, 9.17) is 19.5 Å². The number of ether oxygens (including phenoxy) is 3. The highest BCUT2D eigenvalue weighted by atomic mass is 16.5. The summed E-state index contributed by atoms with van der Waals surface area (Å²) in [6, 6.07) is 12.4. The molecule has 0 aliphatic carbocycles. The summed E-state index contributed by atoms with van der Waals surface area (Å²) in [7, 11) is 0. The molecule has 7 nitrogen and oxygen atoms in total. The molecule has 1 aromatic heterocycles. The van der Waals surface area contributed by atoms with Gasteiger partial charge in [0.25, 0.3) is 5.91 Å². The summed E-state index contributed by atoms with van der Waals surface area (Å²) < 4.78 is 16.5. The smallest absolute Gasteiger partial charge is 0.260 e. The van der Waals surface area contributed by atoms with E-state index < -0.39 is 0 Å². The van der Waals surface area contributed by atoms with Gasteiger partial charge in [0.15, 0.2) is 6.61 Å². The molecule has 2 heterocycles. The fourth-order valence-electron chi connectivity index (χ4n) is 2.47. The molecule has 26 heavy (non-hydrogen) atoms. The minimum atomic E-state index is -0.120. The third kappa shape index (κ3) is 4.42. The van der Waals surface area contributed by atoms with Crippen molar-refractivity contribution < 1.29 is 19.0 Å². The van der Waals surface area contributed by atoms with E-state index in [1.807, 2.05) is 13.0 Å². The quantitative estimate of drug-likeness (QED) is 0.757. The first-order valence-electron chi connectivity index (χ1n) is 8.34. The van der Waals surface area contributed by atoms with Crippen LogP contribution in [0.1, 0.15) is 12.5 Å². The molecule has 1 fully saturated rings. The predicted molar refractivity (Wildman–Crippen MR) is 93.1 cm³/mol.